The number of nitrogens with zero attached hydrogens (tertiary/aromatic N) is 3. The predicted octanol–water partition coefficient (Wildman–Crippen LogP) is 2.69. The quantitative estimate of drug-likeness (QED) is 0.676. The second-order valence-electron chi connectivity index (χ2n) is 7.82. The van der Waals surface area contributed by atoms with E-state index in [9.17, 15) is 13.2 Å². The van der Waals surface area contributed by atoms with Crippen molar-refractivity contribution in [3.8, 4) is 0 Å². The van der Waals surface area contributed by atoms with Gasteiger partial charge in [-0.15, -0.1) is 0 Å². The van der Waals surface area contributed by atoms with Crippen molar-refractivity contribution in [2.24, 2.45) is 0 Å². The molecule has 2 aliphatic heterocycles. The fourth-order valence-corrected chi connectivity index (χ4v) is 5.51. The Kier molecular flexibility index (Phi) is 6.46. The summed E-state index contributed by atoms with van der Waals surface area (Å²) in [6.07, 6.45) is 7.20. The molecule has 0 radical (unpaired) electrons. The molecule has 1 atom stereocenters. The summed E-state index contributed by atoms with van der Waals surface area (Å²) >= 11 is 0. The lowest BCUT2D eigenvalue weighted by Gasteiger charge is -2.26. The highest BCUT2D eigenvalue weighted by atomic mass is 32.2. The summed E-state index contributed by atoms with van der Waals surface area (Å²) < 4.78 is 32.7. The van der Waals surface area contributed by atoms with Crippen LogP contribution in [-0.4, -0.2) is 60.9 Å². The van der Waals surface area contributed by atoms with Crippen molar-refractivity contribution in [1.29, 1.82) is 0 Å². The van der Waals surface area contributed by atoms with Crippen LogP contribution in [0.3, 0.4) is 0 Å². The van der Waals surface area contributed by atoms with E-state index in [4.69, 9.17) is 4.74 Å². The molecule has 4 rings (SSSR count). The van der Waals surface area contributed by atoms with Gasteiger partial charge in [0.05, 0.1) is 11.0 Å². The molecule has 2 saturated heterocycles. The summed E-state index contributed by atoms with van der Waals surface area (Å²) in [6, 6.07) is 10.1. The van der Waals surface area contributed by atoms with Crippen LogP contribution in [0.2, 0.25) is 0 Å². The third kappa shape index (κ3) is 4.71. The van der Waals surface area contributed by atoms with E-state index in [0.717, 1.165) is 37.9 Å². The summed E-state index contributed by atoms with van der Waals surface area (Å²) in [6.45, 7) is 2.77. The van der Waals surface area contributed by atoms with Crippen LogP contribution in [-0.2, 0) is 21.3 Å². The summed E-state index contributed by atoms with van der Waals surface area (Å²) in [4.78, 5) is 19.4. The van der Waals surface area contributed by atoms with Crippen molar-refractivity contribution in [2.75, 3.05) is 26.2 Å². The fourth-order valence-electron chi connectivity index (χ4n) is 4.00. The van der Waals surface area contributed by atoms with Gasteiger partial charge in [-0.25, -0.2) is 8.42 Å². The Morgan fingerprint density at radius 2 is 1.90 bits per heavy atom. The SMILES string of the molecule is O=C(c1ccc(S(=O)(=O)N2CCCC2)cc1)N(Cc1cccnc1)CC1CCCO1. The average Bonchev–Trinajstić information content (AvgIpc) is 3.48. The van der Waals surface area contributed by atoms with Crippen LogP contribution in [0.4, 0.5) is 0 Å². The number of aromatic nitrogens is 1. The smallest absolute Gasteiger partial charge is 0.254 e. The predicted molar refractivity (Wildman–Crippen MR) is 112 cm³/mol. The van der Waals surface area contributed by atoms with Gasteiger partial charge in [-0.2, -0.15) is 4.31 Å². The molecule has 1 amide bonds. The van der Waals surface area contributed by atoms with Crippen molar-refractivity contribution in [2.45, 2.75) is 43.2 Å². The molecule has 2 aliphatic rings. The maximum absolute atomic E-state index is 13.2. The first-order valence-electron chi connectivity index (χ1n) is 10.4. The van der Waals surface area contributed by atoms with Gasteiger partial charge in [0.2, 0.25) is 10.0 Å². The molecule has 1 aromatic heterocycles. The van der Waals surface area contributed by atoms with Gasteiger partial charge < -0.3 is 9.64 Å². The van der Waals surface area contributed by atoms with Crippen LogP contribution in [0.1, 0.15) is 41.6 Å². The first kappa shape index (κ1) is 21.0. The summed E-state index contributed by atoms with van der Waals surface area (Å²) in [5, 5.41) is 0. The lowest BCUT2D eigenvalue weighted by molar-refractivity contribution is 0.0507. The molecule has 3 heterocycles. The molecular weight excluding hydrogens is 402 g/mol. The highest BCUT2D eigenvalue weighted by Gasteiger charge is 2.28. The van der Waals surface area contributed by atoms with Gasteiger partial charge in [-0.05, 0) is 61.6 Å². The Morgan fingerprint density at radius 3 is 2.53 bits per heavy atom. The number of rotatable bonds is 7. The summed E-state index contributed by atoms with van der Waals surface area (Å²) in [5.74, 6) is -0.139. The number of sulfonamides is 1. The van der Waals surface area contributed by atoms with E-state index in [0.29, 0.717) is 31.7 Å². The van der Waals surface area contributed by atoms with Crippen LogP contribution in [0, 0.1) is 0 Å². The number of hydrogen-bond donors (Lipinski definition) is 0. The second kappa shape index (κ2) is 9.24. The highest BCUT2D eigenvalue weighted by Crippen LogP contribution is 2.22. The molecule has 0 spiro atoms. The largest absolute Gasteiger partial charge is 0.376 e. The average molecular weight is 430 g/mol. The van der Waals surface area contributed by atoms with E-state index in [1.807, 2.05) is 12.1 Å². The van der Waals surface area contributed by atoms with Crippen LogP contribution < -0.4 is 0 Å². The van der Waals surface area contributed by atoms with Gasteiger partial charge in [0.15, 0.2) is 0 Å². The van der Waals surface area contributed by atoms with Crippen molar-refractivity contribution in [3.63, 3.8) is 0 Å². The zero-order valence-corrected chi connectivity index (χ0v) is 17.8. The van der Waals surface area contributed by atoms with E-state index >= 15 is 0 Å². The van der Waals surface area contributed by atoms with Crippen molar-refractivity contribution < 1.29 is 17.9 Å². The minimum absolute atomic E-state index is 0.0282. The van der Waals surface area contributed by atoms with Crippen molar-refractivity contribution in [1.82, 2.24) is 14.2 Å². The maximum Gasteiger partial charge on any atom is 0.254 e. The van der Waals surface area contributed by atoms with Crippen molar-refractivity contribution >= 4 is 15.9 Å². The minimum atomic E-state index is -3.49. The van der Waals surface area contributed by atoms with E-state index in [1.54, 1.807) is 29.4 Å². The standard InChI is InChI=1S/C22H27N3O4S/c26-22(19-7-9-21(10-8-19)30(27,28)25-12-1-2-13-25)24(17-20-6-4-14-29-20)16-18-5-3-11-23-15-18/h3,5,7-11,15,20H,1-2,4,6,12-14,16-17H2. The third-order valence-electron chi connectivity index (χ3n) is 5.64. The molecule has 0 N–H and O–H groups in total. The van der Waals surface area contributed by atoms with Crippen LogP contribution >= 0.6 is 0 Å². The third-order valence-corrected chi connectivity index (χ3v) is 7.55. The molecule has 2 aromatic rings. The molecule has 0 aliphatic carbocycles. The number of amides is 1. The number of ether oxygens (including phenoxy) is 1. The van der Waals surface area contributed by atoms with Gasteiger partial charge in [-0.3, -0.25) is 9.78 Å². The van der Waals surface area contributed by atoms with E-state index in [1.165, 1.54) is 16.4 Å². The number of pyridine rings is 1. The first-order valence-corrected chi connectivity index (χ1v) is 11.9. The molecule has 160 valence electrons. The molecule has 1 unspecified atom stereocenters. The minimum Gasteiger partial charge on any atom is -0.376 e. The summed E-state index contributed by atoms with van der Waals surface area (Å²) in [7, 11) is -3.49. The lowest BCUT2D eigenvalue weighted by atomic mass is 10.1. The van der Waals surface area contributed by atoms with Gasteiger partial charge in [0, 0.05) is 50.7 Å². The monoisotopic (exact) mass is 429 g/mol. The van der Waals surface area contributed by atoms with Crippen LogP contribution in [0.15, 0.2) is 53.7 Å². The molecule has 30 heavy (non-hydrogen) atoms. The zero-order valence-electron chi connectivity index (χ0n) is 16.9. The zero-order chi connectivity index (χ0) is 21.0. The Labute approximate surface area is 177 Å². The van der Waals surface area contributed by atoms with Crippen LogP contribution in [0.5, 0.6) is 0 Å². The Morgan fingerprint density at radius 1 is 1.13 bits per heavy atom. The maximum atomic E-state index is 13.2. The number of hydrogen-bond acceptors (Lipinski definition) is 5. The van der Waals surface area contributed by atoms with Gasteiger partial charge in [0.1, 0.15) is 0 Å². The van der Waals surface area contributed by atoms with E-state index in [-0.39, 0.29) is 16.9 Å². The summed E-state index contributed by atoms with van der Waals surface area (Å²) in [5.41, 5.74) is 1.41. The number of carbonyl (C=O) groups is 1. The normalized spacial score (nSPS) is 19.8. The molecule has 0 saturated carbocycles. The van der Waals surface area contributed by atoms with Gasteiger partial charge in [0.25, 0.3) is 5.91 Å². The molecule has 8 heteroatoms. The molecule has 0 bridgehead atoms. The number of benzene rings is 1. The molecule has 7 nitrogen and oxygen atoms in total. The Balaban J connectivity index is 1.52. The topological polar surface area (TPSA) is 79.8 Å². The Hall–Kier alpha value is -2.29. The number of carbonyl (C=O) groups excluding carboxylic acids is 1. The molecule has 2 fully saturated rings. The lowest BCUT2D eigenvalue weighted by Crippen LogP contribution is -2.37. The van der Waals surface area contributed by atoms with Gasteiger partial charge >= 0.3 is 0 Å². The Bertz CT molecular complexity index is 952. The second-order valence-corrected chi connectivity index (χ2v) is 9.76. The van der Waals surface area contributed by atoms with Crippen LogP contribution in [0.25, 0.3) is 0 Å². The van der Waals surface area contributed by atoms with Crippen molar-refractivity contribution in [3.05, 3.63) is 59.9 Å². The molecule has 1 aromatic carbocycles. The van der Waals surface area contributed by atoms with E-state index < -0.39 is 10.0 Å². The molecular formula is C22H27N3O4S. The van der Waals surface area contributed by atoms with E-state index in [2.05, 4.69) is 4.98 Å². The first-order chi connectivity index (χ1) is 14.5. The fraction of sp³-hybridized carbons (Fsp3) is 0.455. The van der Waals surface area contributed by atoms with Gasteiger partial charge in [-0.1, -0.05) is 6.07 Å². The highest BCUT2D eigenvalue weighted by molar-refractivity contribution is 7.89.